The molecule has 2 fully saturated rings. The van der Waals surface area contributed by atoms with Gasteiger partial charge in [0.15, 0.2) is 11.5 Å². The summed E-state index contributed by atoms with van der Waals surface area (Å²) < 4.78 is 91.5. The number of piperazine rings is 1. The van der Waals surface area contributed by atoms with E-state index in [1.807, 2.05) is 0 Å². The first-order valence-corrected chi connectivity index (χ1v) is 12.8. The van der Waals surface area contributed by atoms with Crippen LogP contribution >= 0.6 is 0 Å². The van der Waals surface area contributed by atoms with Gasteiger partial charge in [0.25, 0.3) is 5.92 Å². The summed E-state index contributed by atoms with van der Waals surface area (Å²) >= 11 is 0. The first-order chi connectivity index (χ1) is 18.9. The van der Waals surface area contributed by atoms with E-state index in [0.717, 1.165) is 6.07 Å². The maximum absolute atomic E-state index is 15.1. The number of pyridine rings is 1. The molecule has 0 spiro atoms. The molecule has 40 heavy (non-hydrogen) atoms. The third-order valence-electron chi connectivity index (χ3n) is 7.39. The molecule has 2 aliphatic heterocycles. The van der Waals surface area contributed by atoms with Gasteiger partial charge < -0.3 is 20.1 Å². The number of benzene rings is 1. The van der Waals surface area contributed by atoms with E-state index >= 15 is 4.39 Å². The predicted octanol–water partition coefficient (Wildman–Crippen LogP) is 4.27. The van der Waals surface area contributed by atoms with Gasteiger partial charge in [-0.15, -0.1) is 5.10 Å². The minimum atomic E-state index is -4.75. The van der Waals surface area contributed by atoms with Crippen molar-refractivity contribution < 1.29 is 36.2 Å². The van der Waals surface area contributed by atoms with Crippen molar-refractivity contribution in [1.82, 2.24) is 20.1 Å². The van der Waals surface area contributed by atoms with Crippen molar-refractivity contribution in [3.8, 4) is 0 Å². The molecule has 8 nitrogen and oxygen atoms in total. The lowest BCUT2D eigenvalue weighted by molar-refractivity contribution is -0.140. The minimum Gasteiger partial charge on any atom is -0.390 e. The molecule has 2 aliphatic rings. The molecule has 0 aliphatic carbocycles. The van der Waals surface area contributed by atoms with Gasteiger partial charge in [0, 0.05) is 37.1 Å². The lowest BCUT2D eigenvalue weighted by Gasteiger charge is -2.44. The molecule has 1 aromatic carbocycles. The van der Waals surface area contributed by atoms with E-state index in [2.05, 4.69) is 25.4 Å². The van der Waals surface area contributed by atoms with Crippen LogP contribution < -0.4 is 10.2 Å². The molecule has 216 valence electrons. The molecule has 0 unspecified atom stereocenters. The SMILES string of the molecule is Cc1nnc(N[C@H](C)c2cccc(C(F)(F)CO)c2F)c2cc(N3CCN4CCOC[C@@H]4C3)c(C(F)(F)F)nc12. The van der Waals surface area contributed by atoms with Crippen molar-refractivity contribution in [3.63, 3.8) is 0 Å². The van der Waals surface area contributed by atoms with Crippen LogP contribution in [-0.2, 0) is 16.8 Å². The number of nitrogens with one attached hydrogen (secondary N) is 1. The van der Waals surface area contributed by atoms with Crippen molar-refractivity contribution in [1.29, 1.82) is 0 Å². The van der Waals surface area contributed by atoms with E-state index in [9.17, 15) is 22.0 Å². The zero-order valence-corrected chi connectivity index (χ0v) is 21.8. The highest BCUT2D eigenvalue weighted by Gasteiger charge is 2.40. The third kappa shape index (κ3) is 5.27. The lowest BCUT2D eigenvalue weighted by Crippen LogP contribution is -2.58. The number of anilines is 2. The first-order valence-electron chi connectivity index (χ1n) is 12.8. The summed E-state index contributed by atoms with van der Waals surface area (Å²) in [6.45, 7) is 4.32. The molecular formula is C26H28F6N6O2. The molecule has 5 rings (SSSR count). The number of aromatic nitrogens is 3. The Hall–Kier alpha value is -3.23. The second-order valence-corrected chi connectivity index (χ2v) is 10.0. The summed E-state index contributed by atoms with van der Waals surface area (Å²) in [5, 5.41) is 20.2. The van der Waals surface area contributed by atoms with Crippen molar-refractivity contribution in [2.45, 2.75) is 38.0 Å². The summed E-state index contributed by atoms with van der Waals surface area (Å²) in [5.41, 5.74) is -2.16. The highest BCUT2D eigenvalue weighted by Crippen LogP contribution is 2.40. The maximum Gasteiger partial charge on any atom is 0.435 e. The Labute approximate surface area is 226 Å². The van der Waals surface area contributed by atoms with Gasteiger partial charge in [-0.1, -0.05) is 12.1 Å². The Balaban J connectivity index is 1.56. The highest BCUT2D eigenvalue weighted by atomic mass is 19.4. The van der Waals surface area contributed by atoms with E-state index in [-0.39, 0.29) is 39.7 Å². The van der Waals surface area contributed by atoms with Crippen LogP contribution in [0.5, 0.6) is 0 Å². The average Bonchev–Trinajstić information content (AvgIpc) is 2.93. The largest absolute Gasteiger partial charge is 0.435 e. The van der Waals surface area contributed by atoms with Crippen molar-refractivity contribution in [2.75, 3.05) is 56.2 Å². The molecule has 3 aromatic rings. The van der Waals surface area contributed by atoms with Crippen LogP contribution in [0, 0.1) is 12.7 Å². The normalized spacial score (nSPS) is 19.5. The Bertz CT molecular complexity index is 1400. The van der Waals surface area contributed by atoms with E-state index in [1.54, 1.807) is 4.90 Å². The molecular weight excluding hydrogens is 542 g/mol. The number of halogens is 6. The van der Waals surface area contributed by atoms with Crippen molar-refractivity contribution >= 4 is 22.4 Å². The van der Waals surface area contributed by atoms with Crippen LogP contribution in [0.4, 0.5) is 37.8 Å². The van der Waals surface area contributed by atoms with E-state index in [0.29, 0.717) is 39.4 Å². The second kappa shape index (κ2) is 10.6. The van der Waals surface area contributed by atoms with Gasteiger partial charge in [-0.05, 0) is 26.0 Å². The van der Waals surface area contributed by atoms with E-state index < -0.39 is 41.8 Å². The number of aryl methyl sites for hydroxylation is 1. The van der Waals surface area contributed by atoms with Gasteiger partial charge in [-0.2, -0.15) is 27.1 Å². The van der Waals surface area contributed by atoms with E-state index in [4.69, 9.17) is 9.84 Å². The molecule has 0 radical (unpaired) electrons. The summed E-state index contributed by atoms with van der Waals surface area (Å²) in [4.78, 5) is 7.81. The first kappa shape index (κ1) is 28.3. The summed E-state index contributed by atoms with van der Waals surface area (Å²) in [6, 6.07) is 3.76. The van der Waals surface area contributed by atoms with E-state index in [1.165, 1.54) is 32.0 Å². The molecule has 2 saturated heterocycles. The van der Waals surface area contributed by atoms with Crippen molar-refractivity contribution in [3.05, 3.63) is 52.6 Å². The van der Waals surface area contributed by atoms with Crippen LogP contribution in [0.2, 0.25) is 0 Å². The fraction of sp³-hybridized carbons (Fsp3) is 0.500. The minimum absolute atomic E-state index is 0.0222. The number of rotatable bonds is 6. The fourth-order valence-electron chi connectivity index (χ4n) is 5.24. The summed E-state index contributed by atoms with van der Waals surface area (Å²) in [5.74, 6) is -4.98. The molecule has 0 bridgehead atoms. The molecule has 2 aromatic heterocycles. The molecule has 0 amide bonds. The number of aliphatic hydroxyl groups is 1. The number of ether oxygens (including phenoxy) is 1. The summed E-state index contributed by atoms with van der Waals surface area (Å²) in [7, 11) is 0. The topological polar surface area (TPSA) is 86.6 Å². The fourth-order valence-corrected chi connectivity index (χ4v) is 5.24. The van der Waals surface area contributed by atoms with Crippen LogP contribution in [0.3, 0.4) is 0 Å². The monoisotopic (exact) mass is 570 g/mol. The highest BCUT2D eigenvalue weighted by molar-refractivity contribution is 5.93. The van der Waals surface area contributed by atoms with Gasteiger partial charge in [-0.3, -0.25) is 4.90 Å². The zero-order valence-electron chi connectivity index (χ0n) is 21.8. The molecule has 4 heterocycles. The Kier molecular flexibility index (Phi) is 7.52. The standard InChI is InChI=1S/C26H28F6N6O2/c1-14(17-4-3-5-19(21(17)27)25(28,29)13-39)33-24-18-10-20(38-7-6-37-8-9-40-12-16(37)11-38)23(26(30,31)32)34-22(18)15(2)35-36-24/h3-5,10,14,16,39H,6-9,11-13H2,1-2H3,(H,33,36)/t14-,16+/m1/s1. The average molecular weight is 571 g/mol. The van der Waals surface area contributed by atoms with Gasteiger partial charge in [0.05, 0.1) is 47.8 Å². The number of fused-ring (bicyclic) bond motifs is 2. The third-order valence-corrected chi connectivity index (χ3v) is 7.39. The molecule has 0 saturated carbocycles. The molecule has 2 atom stereocenters. The Morgan fingerprint density at radius 1 is 1.15 bits per heavy atom. The maximum atomic E-state index is 15.1. The lowest BCUT2D eigenvalue weighted by atomic mass is 10.00. The van der Waals surface area contributed by atoms with Crippen LogP contribution in [0.1, 0.15) is 35.5 Å². The number of hydrogen-bond acceptors (Lipinski definition) is 8. The quantitative estimate of drug-likeness (QED) is 0.425. The smallest absolute Gasteiger partial charge is 0.390 e. The number of aliphatic hydroxyl groups excluding tert-OH is 1. The van der Waals surface area contributed by atoms with Gasteiger partial charge in [0.1, 0.15) is 12.4 Å². The predicted molar refractivity (Wildman–Crippen MR) is 135 cm³/mol. The Morgan fingerprint density at radius 2 is 1.93 bits per heavy atom. The number of nitrogens with zero attached hydrogens (tertiary/aromatic N) is 5. The number of morpholine rings is 1. The van der Waals surface area contributed by atoms with Gasteiger partial charge >= 0.3 is 6.18 Å². The zero-order chi connectivity index (χ0) is 28.8. The number of alkyl halides is 5. The van der Waals surface area contributed by atoms with Crippen LogP contribution in [0.25, 0.3) is 10.9 Å². The van der Waals surface area contributed by atoms with Gasteiger partial charge in [0.2, 0.25) is 0 Å². The van der Waals surface area contributed by atoms with Crippen LogP contribution in [0.15, 0.2) is 24.3 Å². The van der Waals surface area contributed by atoms with Crippen LogP contribution in [-0.4, -0.2) is 77.2 Å². The van der Waals surface area contributed by atoms with Gasteiger partial charge in [-0.25, -0.2) is 9.37 Å². The molecule has 14 heteroatoms. The second-order valence-electron chi connectivity index (χ2n) is 10.0. The number of hydrogen-bond donors (Lipinski definition) is 2. The summed E-state index contributed by atoms with van der Waals surface area (Å²) in [6.07, 6.45) is -4.75. The molecule has 2 N–H and O–H groups in total. The Morgan fingerprint density at radius 3 is 2.65 bits per heavy atom. The van der Waals surface area contributed by atoms with Crippen molar-refractivity contribution in [2.24, 2.45) is 0 Å².